The number of carboxylic acid groups (broad SMARTS) is 1. The van der Waals surface area contributed by atoms with E-state index in [9.17, 15) is 9.90 Å². The third kappa shape index (κ3) is 5.85. The van der Waals surface area contributed by atoms with Crippen LogP contribution in [0.4, 0.5) is 0 Å². The summed E-state index contributed by atoms with van der Waals surface area (Å²) in [6.07, 6.45) is 1.68. The normalized spacial score (nSPS) is 11.5. The van der Waals surface area contributed by atoms with Crippen molar-refractivity contribution in [2.75, 3.05) is 26.0 Å². The second-order valence-corrected chi connectivity index (χ2v) is 7.82. The highest BCUT2D eigenvalue weighted by molar-refractivity contribution is 7.99. The second-order valence-electron chi connectivity index (χ2n) is 6.76. The zero-order chi connectivity index (χ0) is 22.2. The van der Waals surface area contributed by atoms with Crippen LogP contribution in [-0.2, 0) is 11.3 Å². The van der Waals surface area contributed by atoms with Gasteiger partial charge in [-0.05, 0) is 30.7 Å². The fourth-order valence-corrected chi connectivity index (χ4v) is 3.87. The van der Waals surface area contributed by atoms with Crippen molar-refractivity contribution < 1.29 is 19.4 Å². The molecule has 0 aliphatic heterocycles. The molecule has 0 aliphatic rings. The van der Waals surface area contributed by atoms with E-state index < -0.39 is 5.97 Å². The van der Waals surface area contributed by atoms with Gasteiger partial charge in [0.05, 0.1) is 23.3 Å². The highest BCUT2D eigenvalue weighted by atomic mass is 32.2. The zero-order valence-corrected chi connectivity index (χ0v) is 18.3. The molecule has 0 atom stereocenters. The maximum Gasteiger partial charge on any atom is 0.323 e. The molecule has 0 saturated heterocycles. The Morgan fingerprint density at radius 2 is 2.06 bits per heavy atom. The summed E-state index contributed by atoms with van der Waals surface area (Å²) in [5.41, 5.74) is 8.97. The summed E-state index contributed by atoms with van der Waals surface area (Å²) >= 11 is 1.46. The summed E-state index contributed by atoms with van der Waals surface area (Å²) in [5.74, 6) is 0.975. The van der Waals surface area contributed by atoms with E-state index in [1.807, 2.05) is 49.4 Å². The molecule has 0 fully saturated rings. The molecule has 0 amide bonds. The zero-order valence-electron chi connectivity index (χ0n) is 17.5. The molecule has 4 N–H and O–H groups in total. The number of aromatic nitrogens is 2. The lowest BCUT2D eigenvalue weighted by Gasteiger charge is -2.15. The summed E-state index contributed by atoms with van der Waals surface area (Å²) in [4.78, 5) is 15.9. The molecular weight excluding hydrogens is 416 g/mol. The van der Waals surface area contributed by atoms with Gasteiger partial charge >= 0.3 is 5.97 Å². The minimum Gasteiger partial charge on any atom is -0.489 e. The van der Waals surface area contributed by atoms with Gasteiger partial charge in [0, 0.05) is 19.0 Å². The maximum atomic E-state index is 11.3. The number of rotatable bonds is 11. The van der Waals surface area contributed by atoms with Gasteiger partial charge in [-0.15, -0.1) is 0 Å². The van der Waals surface area contributed by atoms with Crippen LogP contribution in [0.5, 0.6) is 11.5 Å². The van der Waals surface area contributed by atoms with E-state index in [4.69, 9.17) is 15.2 Å². The molecular formula is C22H26N4O4S. The quantitative estimate of drug-likeness (QED) is 0.307. The molecule has 1 aromatic heterocycles. The molecule has 164 valence electrons. The lowest BCUT2D eigenvalue weighted by Crippen LogP contribution is -2.13. The van der Waals surface area contributed by atoms with E-state index in [2.05, 4.69) is 10.3 Å². The lowest BCUT2D eigenvalue weighted by molar-refractivity contribution is -0.137. The SMILES string of the molecule is CN/C=C(\N)COc1cccc(C)c1OCCSc1nc2ccccc2n1CC(=O)O. The van der Waals surface area contributed by atoms with Gasteiger partial charge in [0.2, 0.25) is 0 Å². The standard InChI is InChI=1S/C22H26N4O4S/c1-15-6-5-9-19(30-14-16(23)12-24-2)21(15)29-10-11-31-22-25-17-7-3-4-8-18(17)26(22)13-20(27)28/h3-9,12,24H,10-11,13-14,23H2,1-2H3,(H,27,28)/b16-12-. The van der Waals surface area contributed by atoms with Gasteiger partial charge in [0.1, 0.15) is 13.2 Å². The monoisotopic (exact) mass is 442 g/mol. The molecule has 0 radical (unpaired) electrons. The summed E-state index contributed by atoms with van der Waals surface area (Å²) in [6.45, 7) is 2.47. The first-order valence-electron chi connectivity index (χ1n) is 9.76. The van der Waals surface area contributed by atoms with Gasteiger partial charge in [-0.3, -0.25) is 4.79 Å². The first kappa shape index (κ1) is 22.4. The van der Waals surface area contributed by atoms with Crippen molar-refractivity contribution in [3.05, 3.63) is 59.9 Å². The van der Waals surface area contributed by atoms with Crippen molar-refractivity contribution >= 4 is 28.8 Å². The molecule has 1 heterocycles. The third-order valence-corrected chi connectivity index (χ3v) is 5.31. The van der Waals surface area contributed by atoms with Crippen molar-refractivity contribution in [2.45, 2.75) is 18.6 Å². The van der Waals surface area contributed by atoms with E-state index in [1.165, 1.54) is 11.8 Å². The number of aliphatic carboxylic acids is 1. The molecule has 2 aromatic carbocycles. The van der Waals surface area contributed by atoms with Crippen LogP contribution in [0.2, 0.25) is 0 Å². The largest absolute Gasteiger partial charge is 0.489 e. The highest BCUT2D eigenvalue weighted by Crippen LogP contribution is 2.31. The number of thioether (sulfide) groups is 1. The molecule has 0 spiro atoms. The van der Waals surface area contributed by atoms with Gasteiger partial charge in [-0.1, -0.05) is 36.0 Å². The van der Waals surface area contributed by atoms with E-state index in [0.29, 0.717) is 34.7 Å². The molecule has 31 heavy (non-hydrogen) atoms. The van der Waals surface area contributed by atoms with Crippen molar-refractivity contribution in [1.82, 2.24) is 14.9 Å². The number of hydrogen-bond donors (Lipinski definition) is 3. The number of hydrogen-bond acceptors (Lipinski definition) is 7. The van der Waals surface area contributed by atoms with Crippen molar-refractivity contribution in [1.29, 1.82) is 0 Å². The van der Waals surface area contributed by atoms with Gasteiger partial charge in [0.15, 0.2) is 16.7 Å². The van der Waals surface area contributed by atoms with Gasteiger partial charge in [0.25, 0.3) is 0 Å². The number of para-hydroxylation sites is 3. The van der Waals surface area contributed by atoms with Crippen LogP contribution < -0.4 is 20.5 Å². The number of benzene rings is 2. The van der Waals surface area contributed by atoms with Gasteiger partial charge in [-0.25, -0.2) is 4.98 Å². The number of carboxylic acids is 1. The number of aryl methyl sites for hydroxylation is 1. The average molecular weight is 443 g/mol. The first-order valence-corrected chi connectivity index (χ1v) is 10.7. The summed E-state index contributed by atoms with van der Waals surface area (Å²) in [5, 5.41) is 12.8. The van der Waals surface area contributed by atoms with Gasteiger partial charge < -0.3 is 30.2 Å². The molecule has 0 aliphatic carbocycles. The minimum atomic E-state index is -0.908. The Hall–Kier alpha value is -3.33. The lowest BCUT2D eigenvalue weighted by atomic mass is 10.2. The van der Waals surface area contributed by atoms with E-state index in [-0.39, 0.29) is 13.2 Å². The van der Waals surface area contributed by atoms with Crippen LogP contribution >= 0.6 is 11.8 Å². The predicted octanol–water partition coefficient (Wildman–Crippen LogP) is 3.00. The fourth-order valence-electron chi connectivity index (χ4n) is 3.04. The predicted molar refractivity (Wildman–Crippen MR) is 122 cm³/mol. The second kappa shape index (κ2) is 10.6. The number of carbonyl (C=O) groups is 1. The Morgan fingerprint density at radius 1 is 1.26 bits per heavy atom. The van der Waals surface area contributed by atoms with E-state index >= 15 is 0 Å². The first-order chi connectivity index (χ1) is 15.0. The highest BCUT2D eigenvalue weighted by Gasteiger charge is 2.14. The molecule has 3 aromatic rings. The van der Waals surface area contributed by atoms with E-state index in [0.717, 1.165) is 16.6 Å². The number of imidazole rings is 1. The minimum absolute atomic E-state index is 0.138. The maximum absolute atomic E-state index is 11.3. The Morgan fingerprint density at radius 3 is 2.84 bits per heavy atom. The molecule has 3 rings (SSSR count). The number of nitrogens with zero attached hydrogens (tertiary/aromatic N) is 2. The van der Waals surface area contributed by atoms with Crippen molar-refractivity contribution in [3.63, 3.8) is 0 Å². The summed E-state index contributed by atoms with van der Waals surface area (Å²) in [6, 6.07) is 13.2. The van der Waals surface area contributed by atoms with Crippen LogP contribution in [0.25, 0.3) is 11.0 Å². The van der Waals surface area contributed by atoms with Crippen LogP contribution in [0.1, 0.15) is 5.56 Å². The number of nitrogens with one attached hydrogen (secondary N) is 1. The third-order valence-electron chi connectivity index (χ3n) is 4.37. The smallest absolute Gasteiger partial charge is 0.323 e. The topological polar surface area (TPSA) is 112 Å². The van der Waals surface area contributed by atoms with Crippen LogP contribution in [0.15, 0.2) is 59.5 Å². The Labute approximate surface area is 185 Å². The Balaban J connectivity index is 1.65. The number of ether oxygens (including phenoxy) is 2. The fraction of sp³-hybridized carbons (Fsp3) is 0.273. The van der Waals surface area contributed by atoms with Crippen LogP contribution in [0.3, 0.4) is 0 Å². The average Bonchev–Trinajstić information content (AvgIpc) is 3.08. The molecule has 0 bridgehead atoms. The Bertz CT molecular complexity index is 1080. The van der Waals surface area contributed by atoms with Crippen molar-refractivity contribution in [2.24, 2.45) is 5.73 Å². The number of fused-ring (bicyclic) bond motifs is 1. The summed E-state index contributed by atoms with van der Waals surface area (Å²) in [7, 11) is 1.77. The summed E-state index contributed by atoms with van der Waals surface area (Å²) < 4.78 is 13.5. The molecule has 0 unspecified atom stereocenters. The van der Waals surface area contributed by atoms with E-state index in [1.54, 1.807) is 17.8 Å². The molecule has 9 heteroatoms. The molecule has 8 nitrogen and oxygen atoms in total. The van der Waals surface area contributed by atoms with Gasteiger partial charge in [-0.2, -0.15) is 0 Å². The van der Waals surface area contributed by atoms with Crippen LogP contribution in [-0.4, -0.2) is 46.6 Å². The molecule has 0 saturated carbocycles. The van der Waals surface area contributed by atoms with Crippen molar-refractivity contribution in [3.8, 4) is 11.5 Å². The Kier molecular flexibility index (Phi) is 7.66. The number of nitrogens with two attached hydrogens (primary N) is 1. The van der Waals surface area contributed by atoms with Crippen LogP contribution in [0, 0.1) is 6.92 Å².